The number of carbonyl (C=O) groups excluding carboxylic acids is 2. The van der Waals surface area contributed by atoms with Crippen LogP contribution in [0.15, 0.2) is 36.2 Å². The van der Waals surface area contributed by atoms with Gasteiger partial charge in [-0.05, 0) is 18.9 Å². The number of nitrogens with zero attached hydrogens (tertiary/aromatic N) is 2. The van der Waals surface area contributed by atoms with Gasteiger partial charge in [-0.25, -0.2) is 0 Å². The average molecular weight is 323 g/mol. The summed E-state index contributed by atoms with van der Waals surface area (Å²) in [5.74, 6) is -0.452. The number of carbonyl (C=O) groups is 2. The number of hydrogen-bond donors (Lipinski definition) is 1. The summed E-state index contributed by atoms with van der Waals surface area (Å²) in [5, 5.41) is 4.37. The van der Waals surface area contributed by atoms with Gasteiger partial charge in [0.1, 0.15) is 5.70 Å². The standard InChI is InChI=1S/C19H21N3O2/c1-21-11-14(13-9-5-6-10-15(13)21)16-17(19(24)22(2)18(16)23)20-12-7-3-4-8-12/h5-6,9-12,20H,3-4,7-8H2,1-2H3. The fraction of sp³-hybridized carbons (Fsp3) is 0.368. The van der Waals surface area contributed by atoms with Gasteiger partial charge in [-0.15, -0.1) is 0 Å². The van der Waals surface area contributed by atoms with E-state index < -0.39 is 0 Å². The quantitative estimate of drug-likeness (QED) is 0.883. The van der Waals surface area contributed by atoms with Crippen LogP contribution >= 0.6 is 0 Å². The molecule has 0 unspecified atom stereocenters. The maximum atomic E-state index is 12.8. The molecular weight excluding hydrogens is 302 g/mol. The molecule has 1 N–H and O–H groups in total. The van der Waals surface area contributed by atoms with Crippen molar-refractivity contribution in [1.82, 2.24) is 14.8 Å². The van der Waals surface area contributed by atoms with Crippen LogP contribution in [0, 0.1) is 0 Å². The number of rotatable bonds is 3. The van der Waals surface area contributed by atoms with Crippen molar-refractivity contribution < 1.29 is 9.59 Å². The highest BCUT2D eigenvalue weighted by molar-refractivity contribution is 6.37. The van der Waals surface area contributed by atoms with Gasteiger partial charge in [-0.2, -0.15) is 0 Å². The lowest BCUT2D eigenvalue weighted by Crippen LogP contribution is -2.33. The molecule has 2 amide bonds. The Morgan fingerprint density at radius 2 is 1.75 bits per heavy atom. The summed E-state index contributed by atoms with van der Waals surface area (Å²) in [7, 11) is 3.51. The molecule has 0 atom stereocenters. The van der Waals surface area contributed by atoms with Crippen LogP contribution in [0.5, 0.6) is 0 Å². The molecule has 24 heavy (non-hydrogen) atoms. The third-order valence-corrected chi connectivity index (χ3v) is 5.16. The molecule has 4 rings (SSSR count). The number of likely N-dealkylation sites (N-methyl/N-ethyl adjacent to an activating group) is 1. The summed E-state index contributed by atoms with van der Waals surface area (Å²) in [5.41, 5.74) is 2.85. The summed E-state index contributed by atoms with van der Waals surface area (Å²) in [4.78, 5) is 26.6. The van der Waals surface area contributed by atoms with Crippen molar-refractivity contribution in [3.8, 4) is 0 Å². The Kier molecular flexibility index (Phi) is 3.44. The lowest BCUT2D eigenvalue weighted by atomic mass is 10.0. The number of fused-ring (bicyclic) bond motifs is 1. The summed E-state index contributed by atoms with van der Waals surface area (Å²) in [6.07, 6.45) is 6.40. The van der Waals surface area contributed by atoms with Crippen molar-refractivity contribution in [3.63, 3.8) is 0 Å². The van der Waals surface area contributed by atoms with Crippen molar-refractivity contribution in [3.05, 3.63) is 41.7 Å². The van der Waals surface area contributed by atoms with Crippen molar-refractivity contribution in [1.29, 1.82) is 0 Å². The molecule has 1 saturated carbocycles. The maximum absolute atomic E-state index is 12.8. The summed E-state index contributed by atoms with van der Waals surface area (Å²) >= 11 is 0. The molecule has 1 aromatic carbocycles. The molecule has 5 nitrogen and oxygen atoms in total. The van der Waals surface area contributed by atoms with E-state index in [9.17, 15) is 9.59 Å². The smallest absolute Gasteiger partial charge is 0.277 e. The number of aromatic nitrogens is 1. The van der Waals surface area contributed by atoms with E-state index >= 15 is 0 Å². The highest BCUT2D eigenvalue weighted by Gasteiger charge is 2.38. The van der Waals surface area contributed by atoms with E-state index in [4.69, 9.17) is 0 Å². The van der Waals surface area contributed by atoms with Gasteiger partial charge in [0.05, 0.1) is 5.57 Å². The fourth-order valence-corrected chi connectivity index (χ4v) is 3.84. The summed E-state index contributed by atoms with van der Waals surface area (Å²) in [6.45, 7) is 0. The minimum absolute atomic E-state index is 0.225. The molecule has 1 aliphatic heterocycles. The molecule has 1 fully saturated rings. The van der Waals surface area contributed by atoms with Crippen molar-refractivity contribution in [2.45, 2.75) is 31.7 Å². The molecule has 0 saturated heterocycles. The topological polar surface area (TPSA) is 54.3 Å². The van der Waals surface area contributed by atoms with E-state index in [0.717, 1.165) is 29.3 Å². The average Bonchev–Trinajstić information content (AvgIpc) is 3.26. The van der Waals surface area contributed by atoms with Gasteiger partial charge in [-0.3, -0.25) is 14.5 Å². The van der Waals surface area contributed by atoms with E-state index in [0.29, 0.717) is 11.3 Å². The Hall–Kier alpha value is -2.56. The minimum atomic E-state index is -0.227. The van der Waals surface area contributed by atoms with Crippen LogP contribution in [0.4, 0.5) is 0 Å². The van der Waals surface area contributed by atoms with E-state index in [2.05, 4.69) is 5.32 Å². The largest absolute Gasteiger partial charge is 0.377 e. The molecule has 2 aromatic rings. The maximum Gasteiger partial charge on any atom is 0.277 e. The highest BCUT2D eigenvalue weighted by Crippen LogP contribution is 2.34. The van der Waals surface area contributed by atoms with Gasteiger partial charge in [0.25, 0.3) is 11.8 Å². The van der Waals surface area contributed by atoms with Crippen LogP contribution < -0.4 is 5.32 Å². The summed E-state index contributed by atoms with van der Waals surface area (Å²) in [6, 6.07) is 8.25. The second kappa shape index (κ2) is 5.51. The van der Waals surface area contributed by atoms with Crippen LogP contribution in [0.3, 0.4) is 0 Å². The number of para-hydroxylation sites is 1. The van der Waals surface area contributed by atoms with Crippen molar-refractivity contribution >= 4 is 28.3 Å². The monoisotopic (exact) mass is 323 g/mol. The van der Waals surface area contributed by atoms with Crippen molar-refractivity contribution in [2.75, 3.05) is 7.05 Å². The zero-order valence-corrected chi connectivity index (χ0v) is 14.0. The first-order valence-electron chi connectivity index (χ1n) is 8.45. The zero-order chi connectivity index (χ0) is 16.8. The van der Waals surface area contributed by atoms with Crippen LogP contribution in [-0.2, 0) is 16.6 Å². The van der Waals surface area contributed by atoms with Crippen LogP contribution in [0.25, 0.3) is 16.5 Å². The second-order valence-electron chi connectivity index (χ2n) is 6.72. The predicted octanol–water partition coefficient (Wildman–Crippen LogP) is 2.42. The molecule has 0 spiro atoms. The number of imide groups is 1. The second-order valence-corrected chi connectivity index (χ2v) is 6.72. The number of nitrogens with one attached hydrogen (secondary N) is 1. The first kappa shape index (κ1) is 15.0. The van der Waals surface area contributed by atoms with Gasteiger partial charge in [-0.1, -0.05) is 31.0 Å². The molecule has 0 radical (unpaired) electrons. The lowest BCUT2D eigenvalue weighted by molar-refractivity contribution is -0.135. The van der Waals surface area contributed by atoms with Gasteiger partial charge >= 0.3 is 0 Å². The van der Waals surface area contributed by atoms with E-state index in [1.165, 1.54) is 17.7 Å². The highest BCUT2D eigenvalue weighted by atomic mass is 16.2. The Labute approximate surface area is 140 Å². The normalized spacial score (nSPS) is 19.2. The van der Waals surface area contributed by atoms with Crippen LogP contribution in [0.1, 0.15) is 31.2 Å². The molecule has 0 bridgehead atoms. The van der Waals surface area contributed by atoms with E-state index in [-0.39, 0.29) is 17.9 Å². The van der Waals surface area contributed by atoms with Crippen molar-refractivity contribution in [2.24, 2.45) is 7.05 Å². The molecule has 2 aliphatic rings. The Balaban J connectivity index is 1.88. The Morgan fingerprint density at radius 3 is 2.50 bits per heavy atom. The zero-order valence-electron chi connectivity index (χ0n) is 14.0. The van der Waals surface area contributed by atoms with Gasteiger partial charge in [0.15, 0.2) is 0 Å². The Morgan fingerprint density at radius 1 is 1.04 bits per heavy atom. The minimum Gasteiger partial charge on any atom is -0.377 e. The van der Waals surface area contributed by atoms with Crippen LogP contribution in [0.2, 0.25) is 0 Å². The third-order valence-electron chi connectivity index (χ3n) is 5.16. The molecule has 5 heteroatoms. The number of aryl methyl sites for hydroxylation is 1. The fourth-order valence-electron chi connectivity index (χ4n) is 3.84. The molecule has 124 valence electrons. The van der Waals surface area contributed by atoms with E-state index in [1.807, 2.05) is 42.1 Å². The number of hydrogen-bond acceptors (Lipinski definition) is 3. The predicted molar refractivity (Wildman–Crippen MR) is 93.0 cm³/mol. The SMILES string of the molecule is CN1C(=O)C(NC2CCCC2)=C(c2cn(C)c3ccccc23)C1=O. The first-order chi connectivity index (χ1) is 11.6. The summed E-state index contributed by atoms with van der Waals surface area (Å²) < 4.78 is 2.00. The molecular formula is C19H21N3O2. The molecule has 1 aromatic heterocycles. The lowest BCUT2D eigenvalue weighted by Gasteiger charge is -2.14. The number of benzene rings is 1. The van der Waals surface area contributed by atoms with Gasteiger partial charge in [0.2, 0.25) is 0 Å². The Bertz CT molecular complexity index is 872. The van der Waals surface area contributed by atoms with Crippen LogP contribution in [-0.4, -0.2) is 34.4 Å². The van der Waals surface area contributed by atoms with Gasteiger partial charge in [0, 0.05) is 42.8 Å². The molecule has 2 heterocycles. The van der Waals surface area contributed by atoms with E-state index in [1.54, 1.807) is 7.05 Å². The first-order valence-corrected chi connectivity index (χ1v) is 8.45. The number of amides is 2. The third kappa shape index (κ3) is 2.15. The van der Waals surface area contributed by atoms with Gasteiger partial charge < -0.3 is 9.88 Å². The molecule has 1 aliphatic carbocycles.